The Labute approximate surface area is 295 Å². The average Bonchev–Trinajstić information content (AvgIpc) is 3.12. The van der Waals surface area contributed by atoms with Crippen LogP contribution in [0.4, 0.5) is 0 Å². The Morgan fingerprint density at radius 3 is 0.980 bits per heavy atom. The van der Waals surface area contributed by atoms with Gasteiger partial charge >= 0.3 is 29.8 Å². The minimum atomic E-state index is -1.84. The van der Waals surface area contributed by atoms with Crippen LogP contribution in [0.1, 0.15) is 101 Å². The van der Waals surface area contributed by atoms with Crippen LogP contribution in [0.3, 0.4) is 0 Å². The summed E-state index contributed by atoms with van der Waals surface area (Å²) in [6.07, 6.45) is -11.0. The van der Waals surface area contributed by atoms with E-state index in [-0.39, 0.29) is 0 Å². The van der Waals surface area contributed by atoms with E-state index in [1.165, 1.54) is 0 Å². The molecule has 0 heterocycles. The summed E-state index contributed by atoms with van der Waals surface area (Å²) in [7, 11) is 0. The molecule has 0 aromatic rings. The molecule has 0 saturated heterocycles. The molecule has 0 fully saturated rings. The van der Waals surface area contributed by atoms with Gasteiger partial charge in [-0.2, -0.15) is 0 Å². The molecule has 0 aliphatic rings. The molecule has 0 bridgehead atoms. The van der Waals surface area contributed by atoms with Gasteiger partial charge in [-0.3, -0.25) is 0 Å². The third-order valence-electron chi connectivity index (χ3n) is 9.38. The van der Waals surface area contributed by atoms with Crippen molar-refractivity contribution in [1.29, 1.82) is 0 Å². The number of ether oxygens (including phenoxy) is 5. The average molecular weight is 723 g/mol. The SMILES string of the molecule is CC[C@H](C)[C@@H](O)C(=O)O[C@@H](C(=O)O[C@@H](C(=O)O[C@@H](C(=O)O[C@@H](C(=O)O[C@H](CO)[C@@H](O)[C@H](O)CO)[C@@H](C)CC)[C@@H](C)CC)[C@@H](C)CC)[C@@H](C)CC. The number of hydrogen-bond donors (Lipinski definition) is 5. The van der Waals surface area contributed by atoms with E-state index in [1.54, 1.807) is 69.2 Å². The molecule has 5 N–H and O–H groups in total. The molecular formula is C35H62O15. The fourth-order valence-corrected chi connectivity index (χ4v) is 4.46. The molecule has 0 aliphatic heterocycles. The molecule has 13 atom stereocenters. The number of carbonyl (C=O) groups excluding carboxylic acids is 5. The van der Waals surface area contributed by atoms with E-state index in [0.717, 1.165) is 0 Å². The lowest BCUT2D eigenvalue weighted by Gasteiger charge is -2.31. The molecule has 15 nitrogen and oxygen atoms in total. The lowest BCUT2D eigenvalue weighted by Crippen LogP contribution is -2.48. The molecule has 292 valence electrons. The van der Waals surface area contributed by atoms with Crippen molar-refractivity contribution in [3.8, 4) is 0 Å². The van der Waals surface area contributed by atoms with Gasteiger partial charge in [-0.1, -0.05) is 75.7 Å². The van der Waals surface area contributed by atoms with Crippen LogP contribution in [0.15, 0.2) is 0 Å². The van der Waals surface area contributed by atoms with Crippen molar-refractivity contribution in [2.45, 2.75) is 150 Å². The summed E-state index contributed by atoms with van der Waals surface area (Å²) in [5, 5.41) is 49.0. The first-order valence-corrected chi connectivity index (χ1v) is 17.7. The molecule has 0 aromatic heterocycles. The molecule has 0 aromatic carbocycles. The molecule has 0 saturated carbocycles. The van der Waals surface area contributed by atoms with Gasteiger partial charge in [0.2, 0.25) is 24.4 Å². The van der Waals surface area contributed by atoms with Crippen molar-refractivity contribution in [3.63, 3.8) is 0 Å². The first-order chi connectivity index (χ1) is 23.4. The van der Waals surface area contributed by atoms with Crippen LogP contribution < -0.4 is 0 Å². The molecule has 0 aliphatic carbocycles. The highest BCUT2D eigenvalue weighted by Gasteiger charge is 2.42. The number of rotatable bonds is 24. The standard InChI is InChI=1S/C35H62O15/c1-11-18(6)25(39)31(41)47-28(20(8)13-3)33(43)49-30(22(10)15-5)35(45)50-29(21(9)14-4)34(44)48-27(19(7)12-2)32(42)46-24(17-37)26(40)23(38)16-36/h18-30,36-40H,11-17H2,1-10H3/t18-,19-,20-,21-,22-,23+,24+,25+,26-,27+,28+,29+,30+/m0/s1. The Kier molecular flexibility index (Phi) is 22.2. The van der Waals surface area contributed by atoms with Crippen LogP contribution in [-0.4, -0.2) is 117 Å². The zero-order chi connectivity index (χ0) is 38.9. The number of esters is 5. The molecular weight excluding hydrogens is 660 g/mol. The third-order valence-corrected chi connectivity index (χ3v) is 9.38. The van der Waals surface area contributed by atoms with Crippen LogP contribution in [-0.2, 0) is 47.7 Å². The second-order valence-corrected chi connectivity index (χ2v) is 13.2. The zero-order valence-electron chi connectivity index (χ0n) is 31.3. The molecule has 0 radical (unpaired) electrons. The fraction of sp³-hybridized carbons (Fsp3) is 0.857. The molecule has 0 rings (SSSR count). The number of hydrogen-bond acceptors (Lipinski definition) is 15. The normalized spacial score (nSPS) is 19.4. The van der Waals surface area contributed by atoms with Gasteiger partial charge in [0.05, 0.1) is 13.2 Å². The first kappa shape index (κ1) is 47.1. The number of carbonyl (C=O) groups is 5. The van der Waals surface area contributed by atoms with Gasteiger partial charge in [0.25, 0.3) is 0 Å². The molecule has 0 unspecified atom stereocenters. The highest BCUT2D eigenvalue weighted by Crippen LogP contribution is 2.24. The van der Waals surface area contributed by atoms with E-state index in [0.29, 0.717) is 32.1 Å². The van der Waals surface area contributed by atoms with Crippen molar-refractivity contribution in [1.82, 2.24) is 0 Å². The maximum absolute atomic E-state index is 13.6. The summed E-state index contributed by atoms with van der Waals surface area (Å²) in [6, 6.07) is 0. The summed E-state index contributed by atoms with van der Waals surface area (Å²) < 4.78 is 27.3. The van der Waals surface area contributed by atoms with E-state index in [4.69, 9.17) is 28.8 Å². The minimum absolute atomic E-state index is 0.314. The molecule has 50 heavy (non-hydrogen) atoms. The van der Waals surface area contributed by atoms with Crippen LogP contribution in [0.2, 0.25) is 0 Å². The van der Waals surface area contributed by atoms with Gasteiger partial charge in [-0.15, -0.1) is 0 Å². The third kappa shape index (κ3) is 14.0. The topological polar surface area (TPSA) is 233 Å². The number of aliphatic hydroxyl groups is 5. The first-order valence-electron chi connectivity index (χ1n) is 17.7. The summed E-state index contributed by atoms with van der Waals surface area (Å²) in [5.41, 5.74) is 0. The Morgan fingerprint density at radius 2 is 0.720 bits per heavy atom. The monoisotopic (exact) mass is 722 g/mol. The van der Waals surface area contributed by atoms with Gasteiger partial charge in [-0.25, -0.2) is 24.0 Å². The van der Waals surface area contributed by atoms with Gasteiger partial charge in [0.1, 0.15) is 12.2 Å². The summed E-state index contributed by atoms with van der Waals surface area (Å²) in [6.45, 7) is 15.1. The largest absolute Gasteiger partial charge is 0.454 e. The van der Waals surface area contributed by atoms with Gasteiger partial charge in [0.15, 0.2) is 12.2 Å². The van der Waals surface area contributed by atoms with Crippen LogP contribution in [0, 0.1) is 29.6 Å². The van der Waals surface area contributed by atoms with Crippen LogP contribution in [0.25, 0.3) is 0 Å². The zero-order valence-corrected chi connectivity index (χ0v) is 31.3. The lowest BCUT2D eigenvalue weighted by molar-refractivity contribution is -0.198. The summed E-state index contributed by atoms with van der Waals surface area (Å²) in [5.74, 6) is -8.23. The summed E-state index contributed by atoms with van der Waals surface area (Å²) >= 11 is 0. The predicted octanol–water partition coefficient (Wildman–Crippen LogP) is 1.84. The molecule has 0 amide bonds. The van der Waals surface area contributed by atoms with Crippen molar-refractivity contribution in [3.05, 3.63) is 0 Å². The second kappa shape index (κ2) is 23.6. The van der Waals surface area contributed by atoms with Gasteiger partial charge in [0, 0.05) is 23.7 Å². The highest BCUT2D eigenvalue weighted by atomic mass is 16.6. The van der Waals surface area contributed by atoms with Crippen molar-refractivity contribution in [2.75, 3.05) is 13.2 Å². The maximum atomic E-state index is 13.6. The quantitative estimate of drug-likeness (QED) is 0.0707. The minimum Gasteiger partial charge on any atom is -0.454 e. The van der Waals surface area contributed by atoms with Gasteiger partial charge < -0.3 is 49.2 Å². The second-order valence-electron chi connectivity index (χ2n) is 13.2. The van der Waals surface area contributed by atoms with E-state index in [2.05, 4.69) is 0 Å². The lowest BCUT2D eigenvalue weighted by atomic mass is 9.98. The van der Waals surface area contributed by atoms with Crippen LogP contribution in [0.5, 0.6) is 0 Å². The van der Waals surface area contributed by atoms with E-state index in [9.17, 15) is 44.4 Å². The van der Waals surface area contributed by atoms with Crippen molar-refractivity contribution in [2.24, 2.45) is 29.6 Å². The van der Waals surface area contributed by atoms with Crippen LogP contribution >= 0.6 is 0 Å². The van der Waals surface area contributed by atoms with E-state index in [1.807, 2.05) is 0 Å². The Hall–Kier alpha value is -2.85. The van der Waals surface area contributed by atoms with E-state index >= 15 is 0 Å². The summed E-state index contributed by atoms with van der Waals surface area (Å²) in [4.78, 5) is 66.5. The maximum Gasteiger partial charge on any atom is 0.348 e. The van der Waals surface area contributed by atoms with E-state index < -0.39 is 121 Å². The van der Waals surface area contributed by atoms with Crippen molar-refractivity contribution >= 4 is 29.8 Å². The molecule has 0 spiro atoms. The fourth-order valence-electron chi connectivity index (χ4n) is 4.46. The number of aliphatic hydroxyl groups excluding tert-OH is 5. The Morgan fingerprint density at radius 1 is 0.440 bits per heavy atom. The Balaban J connectivity index is 6.28. The Bertz CT molecular complexity index is 1050. The predicted molar refractivity (Wildman–Crippen MR) is 179 cm³/mol. The highest BCUT2D eigenvalue weighted by molar-refractivity contribution is 5.87. The van der Waals surface area contributed by atoms with Gasteiger partial charge in [-0.05, 0) is 31.6 Å². The van der Waals surface area contributed by atoms with Crippen molar-refractivity contribution < 1.29 is 73.2 Å². The molecule has 15 heteroatoms. The smallest absolute Gasteiger partial charge is 0.348 e.